The minimum absolute atomic E-state index is 0.00886. The molecule has 6 heteroatoms. The smallest absolute Gasteiger partial charge is 0.253 e. The predicted octanol–water partition coefficient (Wildman–Crippen LogP) is 3.39. The summed E-state index contributed by atoms with van der Waals surface area (Å²) in [5.41, 5.74) is 1.75. The standard InChI is InChI=1S/C21H24N2O4/c1-15(24)16-9-11-19(12-10-16)27-13-5-8-20(25)22-18-7-4-6-17(14-18)21(26)23(2)3/h4,6-7,9-12,14H,5,8,13H2,1-3H3,(H,22,25). The van der Waals surface area contributed by atoms with Crippen molar-refractivity contribution in [1.82, 2.24) is 4.90 Å². The number of carbonyl (C=O) groups is 3. The van der Waals surface area contributed by atoms with E-state index >= 15 is 0 Å². The second kappa shape index (κ2) is 9.52. The number of Topliss-reactive ketones (excluding diaryl/α,β-unsaturated/α-hetero) is 1. The van der Waals surface area contributed by atoms with Gasteiger partial charge >= 0.3 is 0 Å². The van der Waals surface area contributed by atoms with Crippen LogP contribution in [0, 0.1) is 0 Å². The average Bonchev–Trinajstić information content (AvgIpc) is 2.65. The monoisotopic (exact) mass is 368 g/mol. The van der Waals surface area contributed by atoms with E-state index in [1.54, 1.807) is 62.6 Å². The fourth-order valence-corrected chi connectivity index (χ4v) is 2.42. The van der Waals surface area contributed by atoms with Crippen LogP contribution >= 0.6 is 0 Å². The van der Waals surface area contributed by atoms with Gasteiger partial charge < -0.3 is 15.0 Å². The normalized spacial score (nSPS) is 10.2. The van der Waals surface area contributed by atoms with Crippen molar-refractivity contribution >= 4 is 23.3 Å². The number of benzene rings is 2. The van der Waals surface area contributed by atoms with E-state index in [0.717, 1.165) is 0 Å². The number of amides is 2. The maximum absolute atomic E-state index is 12.1. The Labute approximate surface area is 159 Å². The molecule has 0 aliphatic heterocycles. The lowest BCUT2D eigenvalue weighted by molar-refractivity contribution is -0.116. The molecule has 2 rings (SSSR count). The minimum atomic E-state index is -0.139. The molecule has 2 aromatic carbocycles. The highest BCUT2D eigenvalue weighted by Crippen LogP contribution is 2.14. The van der Waals surface area contributed by atoms with Gasteiger partial charge in [0.1, 0.15) is 5.75 Å². The molecule has 0 atom stereocenters. The van der Waals surface area contributed by atoms with E-state index in [1.165, 1.54) is 11.8 Å². The van der Waals surface area contributed by atoms with Gasteiger partial charge in [0.25, 0.3) is 5.91 Å². The zero-order valence-corrected chi connectivity index (χ0v) is 15.8. The fourth-order valence-electron chi connectivity index (χ4n) is 2.42. The van der Waals surface area contributed by atoms with Gasteiger partial charge in [-0.25, -0.2) is 0 Å². The number of carbonyl (C=O) groups excluding carboxylic acids is 3. The first-order valence-electron chi connectivity index (χ1n) is 8.72. The second-order valence-electron chi connectivity index (χ2n) is 6.36. The van der Waals surface area contributed by atoms with Gasteiger partial charge in [0.15, 0.2) is 5.78 Å². The first kappa shape index (κ1) is 20.2. The van der Waals surface area contributed by atoms with Crippen LogP contribution in [0.1, 0.15) is 40.5 Å². The van der Waals surface area contributed by atoms with Crippen LogP contribution < -0.4 is 10.1 Å². The molecule has 0 saturated heterocycles. The SMILES string of the molecule is CC(=O)c1ccc(OCCCC(=O)Nc2cccc(C(=O)N(C)C)c2)cc1. The largest absolute Gasteiger partial charge is 0.494 e. The number of anilines is 1. The van der Waals surface area contributed by atoms with Crippen molar-refractivity contribution in [2.45, 2.75) is 19.8 Å². The maximum Gasteiger partial charge on any atom is 0.253 e. The molecule has 1 N–H and O–H groups in total. The molecule has 0 aromatic heterocycles. The Kier molecular flexibility index (Phi) is 7.11. The van der Waals surface area contributed by atoms with Crippen LogP contribution in [0.15, 0.2) is 48.5 Å². The molecule has 0 spiro atoms. The molecule has 2 aromatic rings. The molecule has 0 radical (unpaired) electrons. The van der Waals surface area contributed by atoms with Gasteiger partial charge in [-0.2, -0.15) is 0 Å². The number of ketones is 1. The van der Waals surface area contributed by atoms with Crippen molar-refractivity contribution < 1.29 is 19.1 Å². The third kappa shape index (κ3) is 6.26. The van der Waals surface area contributed by atoms with Crippen LogP contribution in [0.2, 0.25) is 0 Å². The average molecular weight is 368 g/mol. The maximum atomic E-state index is 12.1. The predicted molar refractivity (Wildman–Crippen MR) is 104 cm³/mol. The lowest BCUT2D eigenvalue weighted by Crippen LogP contribution is -2.22. The summed E-state index contributed by atoms with van der Waals surface area (Å²) in [7, 11) is 3.36. The van der Waals surface area contributed by atoms with Gasteiger partial charge in [-0.1, -0.05) is 6.07 Å². The van der Waals surface area contributed by atoms with Crippen LogP contribution in [0.5, 0.6) is 5.75 Å². The highest BCUT2D eigenvalue weighted by atomic mass is 16.5. The van der Waals surface area contributed by atoms with E-state index in [4.69, 9.17) is 4.74 Å². The number of rotatable bonds is 8. The summed E-state index contributed by atoms with van der Waals surface area (Å²) >= 11 is 0. The fraction of sp³-hybridized carbons (Fsp3) is 0.286. The number of nitrogens with one attached hydrogen (secondary N) is 1. The molecule has 2 amide bonds. The summed E-state index contributed by atoms with van der Waals surface area (Å²) in [6.07, 6.45) is 0.855. The summed E-state index contributed by atoms with van der Waals surface area (Å²) < 4.78 is 5.58. The lowest BCUT2D eigenvalue weighted by atomic mass is 10.1. The van der Waals surface area contributed by atoms with Crippen molar-refractivity contribution in [1.29, 1.82) is 0 Å². The lowest BCUT2D eigenvalue weighted by Gasteiger charge is -2.12. The van der Waals surface area contributed by atoms with Gasteiger partial charge in [-0.05, 0) is 55.8 Å². The highest BCUT2D eigenvalue weighted by Gasteiger charge is 2.09. The van der Waals surface area contributed by atoms with Crippen molar-refractivity contribution in [2.75, 3.05) is 26.0 Å². The zero-order chi connectivity index (χ0) is 19.8. The molecule has 0 bridgehead atoms. The van der Waals surface area contributed by atoms with Gasteiger partial charge in [0.05, 0.1) is 6.61 Å². The number of ether oxygens (including phenoxy) is 1. The molecule has 0 fully saturated rings. The van der Waals surface area contributed by atoms with Gasteiger partial charge in [-0.15, -0.1) is 0 Å². The minimum Gasteiger partial charge on any atom is -0.494 e. The first-order valence-corrected chi connectivity index (χ1v) is 8.72. The van der Waals surface area contributed by atoms with Gasteiger partial charge in [0, 0.05) is 37.3 Å². The number of nitrogens with zero attached hydrogens (tertiary/aromatic N) is 1. The molecule has 0 heterocycles. The van der Waals surface area contributed by atoms with E-state index in [9.17, 15) is 14.4 Å². The van der Waals surface area contributed by atoms with Crippen molar-refractivity contribution in [3.8, 4) is 5.75 Å². The molecule has 6 nitrogen and oxygen atoms in total. The topological polar surface area (TPSA) is 75.7 Å². The molecule has 0 saturated carbocycles. The molecular formula is C21H24N2O4. The van der Waals surface area contributed by atoms with Crippen LogP contribution in [-0.2, 0) is 4.79 Å². The summed E-state index contributed by atoms with van der Waals surface area (Å²) in [4.78, 5) is 36.7. The van der Waals surface area contributed by atoms with Crippen molar-refractivity contribution in [3.63, 3.8) is 0 Å². The Bertz CT molecular complexity index is 813. The van der Waals surface area contributed by atoms with Gasteiger partial charge in [-0.3, -0.25) is 14.4 Å². The quantitative estimate of drug-likeness (QED) is 0.572. The second-order valence-corrected chi connectivity index (χ2v) is 6.36. The molecular weight excluding hydrogens is 344 g/mol. The van der Waals surface area contributed by atoms with Crippen LogP contribution in [0.25, 0.3) is 0 Å². The summed E-state index contributed by atoms with van der Waals surface area (Å²) in [5.74, 6) is 0.417. The molecule has 142 valence electrons. The van der Waals surface area contributed by atoms with Crippen LogP contribution in [-0.4, -0.2) is 43.2 Å². The molecule has 0 unspecified atom stereocenters. The van der Waals surface area contributed by atoms with Crippen molar-refractivity contribution in [3.05, 3.63) is 59.7 Å². The Balaban J connectivity index is 1.77. The molecule has 0 aliphatic rings. The molecule has 0 aliphatic carbocycles. The Morgan fingerprint density at radius 3 is 2.33 bits per heavy atom. The third-order valence-electron chi connectivity index (χ3n) is 3.88. The van der Waals surface area contributed by atoms with Crippen molar-refractivity contribution in [2.24, 2.45) is 0 Å². The van der Waals surface area contributed by atoms with E-state index in [2.05, 4.69) is 5.32 Å². The first-order chi connectivity index (χ1) is 12.9. The Hall–Kier alpha value is -3.15. The Morgan fingerprint density at radius 2 is 1.70 bits per heavy atom. The number of hydrogen-bond acceptors (Lipinski definition) is 4. The van der Waals surface area contributed by atoms with E-state index < -0.39 is 0 Å². The number of hydrogen-bond donors (Lipinski definition) is 1. The van der Waals surface area contributed by atoms with E-state index in [-0.39, 0.29) is 17.6 Å². The van der Waals surface area contributed by atoms with Crippen LogP contribution in [0.4, 0.5) is 5.69 Å². The summed E-state index contributed by atoms with van der Waals surface area (Å²) in [6.45, 7) is 1.91. The van der Waals surface area contributed by atoms with Gasteiger partial charge in [0.2, 0.25) is 5.91 Å². The highest BCUT2D eigenvalue weighted by molar-refractivity contribution is 5.97. The molecule has 27 heavy (non-hydrogen) atoms. The van der Waals surface area contributed by atoms with E-state index in [0.29, 0.717) is 42.0 Å². The van der Waals surface area contributed by atoms with Crippen LogP contribution in [0.3, 0.4) is 0 Å². The zero-order valence-electron chi connectivity index (χ0n) is 15.8. The summed E-state index contributed by atoms with van der Waals surface area (Å²) in [5, 5.41) is 2.79. The summed E-state index contributed by atoms with van der Waals surface area (Å²) in [6, 6.07) is 13.8. The Morgan fingerprint density at radius 1 is 1.00 bits per heavy atom. The third-order valence-corrected chi connectivity index (χ3v) is 3.88. The van der Waals surface area contributed by atoms with E-state index in [1.807, 2.05) is 0 Å².